The highest BCUT2D eigenvalue weighted by Gasteiger charge is 2.30. The lowest BCUT2D eigenvalue weighted by molar-refractivity contribution is 0.0563. The number of benzene rings is 2. The number of aryl methyl sites for hydroxylation is 1. The Balaban J connectivity index is 1.36. The molecule has 0 spiro atoms. The molecule has 4 nitrogen and oxygen atoms in total. The minimum absolute atomic E-state index is 0.172. The molecule has 0 radical (unpaired) electrons. The molecule has 2 aliphatic heterocycles. The molecule has 0 bridgehead atoms. The summed E-state index contributed by atoms with van der Waals surface area (Å²) in [5, 5.41) is 0.789. The Labute approximate surface area is 172 Å². The third-order valence-corrected chi connectivity index (χ3v) is 6.19. The zero-order valence-electron chi connectivity index (χ0n) is 16.5. The summed E-state index contributed by atoms with van der Waals surface area (Å²) in [6.07, 6.45) is 2.26. The van der Waals surface area contributed by atoms with Gasteiger partial charge in [0, 0.05) is 61.6 Å². The van der Waals surface area contributed by atoms with Gasteiger partial charge in [-0.05, 0) is 50.1 Å². The molecule has 0 saturated carbocycles. The van der Waals surface area contributed by atoms with Gasteiger partial charge in [-0.25, -0.2) is 0 Å². The van der Waals surface area contributed by atoms with Gasteiger partial charge in [-0.15, -0.1) is 0 Å². The SMILES string of the molecule is Cc1cccc(C(=O)N2CCCC(N3CCN(c4cccc(Cl)c4)CC3)C2)c1. The lowest BCUT2D eigenvalue weighted by Crippen LogP contribution is -2.55. The summed E-state index contributed by atoms with van der Waals surface area (Å²) in [5.41, 5.74) is 3.15. The summed E-state index contributed by atoms with van der Waals surface area (Å²) in [6, 6.07) is 16.5. The van der Waals surface area contributed by atoms with Gasteiger partial charge < -0.3 is 9.80 Å². The van der Waals surface area contributed by atoms with Gasteiger partial charge in [0.25, 0.3) is 5.91 Å². The van der Waals surface area contributed by atoms with E-state index in [0.29, 0.717) is 6.04 Å². The molecule has 28 heavy (non-hydrogen) atoms. The fourth-order valence-electron chi connectivity index (χ4n) is 4.42. The first-order valence-electron chi connectivity index (χ1n) is 10.2. The Bertz CT molecular complexity index is 832. The number of anilines is 1. The molecule has 2 heterocycles. The maximum Gasteiger partial charge on any atom is 0.253 e. The van der Waals surface area contributed by atoms with Crippen molar-refractivity contribution >= 4 is 23.2 Å². The van der Waals surface area contributed by atoms with Crippen molar-refractivity contribution in [2.75, 3.05) is 44.2 Å². The van der Waals surface area contributed by atoms with E-state index in [1.165, 1.54) is 12.1 Å². The Morgan fingerprint density at radius 1 is 1.00 bits per heavy atom. The number of hydrogen-bond donors (Lipinski definition) is 0. The van der Waals surface area contributed by atoms with E-state index in [1.807, 2.05) is 54.3 Å². The number of carbonyl (C=O) groups excluding carboxylic acids is 1. The third-order valence-electron chi connectivity index (χ3n) is 5.95. The average molecular weight is 398 g/mol. The molecule has 5 heteroatoms. The van der Waals surface area contributed by atoms with Gasteiger partial charge in [0.05, 0.1) is 0 Å². The van der Waals surface area contributed by atoms with Gasteiger partial charge >= 0.3 is 0 Å². The first-order valence-corrected chi connectivity index (χ1v) is 10.6. The molecule has 2 aromatic rings. The van der Waals surface area contributed by atoms with Crippen molar-refractivity contribution in [1.29, 1.82) is 0 Å². The van der Waals surface area contributed by atoms with Gasteiger partial charge in [0.15, 0.2) is 0 Å². The Morgan fingerprint density at radius 2 is 1.79 bits per heavy atom. The molecule has 148 valence electrons. The van der Waals surface area contributed by atoms with E-state index in [2.05, 4.69) is 15.9 Å². The second-order valence-electron chi connectivity index (χ2n) is 7.92. The number of carbonyl (C=O) groups is 1. The van der Waals surface area contributed by atoms with Crippen molar-refractivity contribution in [3.8, 4) is 0 Å². The normalized spacial score (nSPS) is 21.0. The highest BCUT2D eigenvalue weighted by Crippen LogP contribution is 2.24. The number of halogens is 1. The van der Waals surface area contributed by atoms with Crippen molar-refractivity contribution in [2.45, 2.75) is 25.8 Å². The van der Waals surface area contributed by atoms with Gasteiger partial charge in [-0.3, -0.25) is 9.69 Å². The quantitative estimate of drug-likeness (QED) is 0.780. The molecular formula is C23H28ClN3O. The summed E-state index contributed by atoms with van der Waals surface area (Å²) in [7, 11) is 0. The summed E-state index contributed by atoms with van der Waals surface area (Å²) in [4.78, 5) is 20.0. The monoisotopic (exact) mass is 397 g/mol. The van der Waals surface area contributed by atoms with Crippen molar-refractivity contribution in [3.05, 3.63) is 64.7 Å². The van der Waals surface area contributed by atoms with Crippen LogP contribution in [0.15, 0.2) is 48.5 Å². The highest BCUT2D eigenvalue weighted by molar-refractivity contribution is 6.30. The fraction of sp³-hybridized carbons (Fsp3) is 0.435. The third kappa shape index (κ3) is 4.34. The van der Waals surface area contributed by atoms with Crippen LogP contribution >= 0.6 is 11.6 Å². The summed E-state index contributed by atoms with van der Waals surface area (Å²) >= 11 is 6.15. The van der Waals surface area contributed by atoms with E-state index < -0.39 is 0 Å². The van der Waals surface area contributed by atoms with Crippen LogP contribution in [0.1, 0.15) is 28.8 Å². The number of rotatable bonds is 3. The number of hydrogen-bond acceptors (Lipinski definition) is 3. The number of likely N-dealkylation sites (tertiary alicyclic amines) is 1. The molecule has 1 amide bonds. The fourth-order valence-corrected chi connectivity index (χ4v) is 4.60. The van der Waals surface area contributed by atoms with Crippen LogP contribution in [0.2, 0.25) is 5.02 Å². The lowest BCUT2D eigenvalue weighted by atomic mass is 10.0. The molecular weight excluding hydrogens is 370 g/mol. The zero-order valence-corrected chi connectivity index (χ0v) is 17.2. The van der Waals surface area contributed by atoms with Gasteiger partial charge in [-0.1, -0.05) is 35.4 Å². The Hall–Kier alpha value is -2.04. The van der Waals surface area contributed by atoms with Crippen molar-refractivity contribution in [3.63, 3.8) is 0 Å². The molecule has 1 atom stereocenters. The molecule has 2 fully saturated rings. The summed E-state index contributed by atoms with van der Waals surface area (Å²) in [5.74, 6) is 0.172. The van der Waals surface area contributed by atoms with E-state index in [9.17, 15) is 4.79 Å². The smallest absolute Gasteiger partial charge is 0.253 e. The standard InChI is InChI=1S/C23H28ClN3O/c1-18-5-2-6-19(15-18)23(28)27-10-4-9-22(17-27)26-13-11-25(12-14-26)21-8-3-7-20(24)16-21/h2-3,5-8,15-16,22H,4,9-14,17H2,1H3. The van der Waals surface area contributed by atoms with Crippen LogP contribution in [0.4, 0.5) is 5.69 Å². The van der Waals surface area contributed by atoms with E-state index >= 15 is 0 Å². The Morgan fingerprint density at radius 3 is 2.54 bits per heavy atom. The second kappa shape index (κ2) is 8.54. The number of amides is 1. The molecule has 4 rings (SSSR count). The van der Waals surface area contributed by atoms with E-state index in [1.54, 1.807) is 0 Å². The first kappa shape index (κ1) is 19.3. The van der Waals surface area contributed by atoms with Crippen molar-refractivity contribution in [1.82, 2.24) is 9.80 Å². The van der Waals surface area contributed by atoms with Crippen LogP contribution in [-0.2, 0) is 0 Å². The van der Waals surface area contributed by atoms with E-state index in [4.69, 9.17) is 11.6 Å². The minimum atomic E-state index is 0.172. The lowest BCUT2D eigenvalue weighted by Gasteiger charge is -2.44. The molecule has 2 aliphatic rings. The van der Waals surface area contributed by atoms with Crippen LogP contribution in [0.5, 0.6) is 0 Å². The number of piperidine rings is 1. The largest absolute Gasteiger partial charge is 0.369 e. The maximum atomic E-state index is 12.9. The van der Waals surface area contributed by atoms with Crippen molar-refractivity contribution < 1.29 is 4.79 Å². The molecule has 0 aromatic heterocycles. The highest BCUT2D eigenvalue weighted by atomic mass is 35.5. The van der Waals surface area contributed by atoms with E-state index in [-0.39, 0.29) is 5.91 Å². The topological polar surface area (TPSA) is 26.8 Å². The summed E-state index contributed by atoms with van der Waals surface area (Å²) < 4.78 is 0. The van der Waals surface area contributed by atoms with Crippen LogP contribution in [-0.4, -0.2) is 61.0 Å². The summed E-state index contributed by atoms with van der Waals surface area (Å²) in [6.45, 7) is 7.81. The zero-order chi connectivity index (χ0) is 19.5. The number of nitrogens with zero attached hydrogens (tertiary/aromatic N) is 3. The molecule has 0 N–H and O–H groups in total. The molecule has 1 unspecified atom stereocenters. The van der Waals surface area contributed by atoms with Crippen LogP contribution in [0.25, 0.3) is 0 Å². The maximum absolute atomic E-state index is 12.9. The van der Waals surface area contributed by atoms with Crippen LogP contribution in [0, 0.1) is 6.92 Å². The number of piperazine rings is 1. The van der Waals surface area contributed by atoms with E-state index in [0.717, 1.165) is 61.8 Å². The predicted octanol–water partition coefficient (Wildman–Crippen LogP) is 4.08. The van der Waals surface area contributed by atoms with Gasteiger partial charge in [0.1, 0.15) is 0 Å². The van der Waals surface area contributed by atoms with Crippen molar-refractivity contribution in [2.24, 2.45) is 0 Å². The molecule has 2 aromatic carbocycles. The predicted molar refractivity (Wildman–Crippen MR) is 115 cm³/mol. The van der Waals surface area contributed by atoms with Crippen LogP contribution in [0.3, 0.4) is 0 Å². The van der Waals surface area contributed by atoms with Gasteiger partial charge in [0.2, 0.25) is 0 Å². The molecule has 2 saturated heterocycles. The Kier molecular flexibility index (Phi) is 5.88. The second-order valence-corrected chi connectivity index (χ2v) is 8.36. The van der Waals surface area contributed by atoms with Gasteiger partial charge in [-0.2, -0.15) is 0 Å². The molecule has 0 aliphatic carbocycles. The minimum Gasteiger partial charge on any atom is -0.369 e. The van der Waals surface area contributed by atoms with Crippen LogP contribution < -0.4 is 4.90 Å². The first-order chi connectivity index (χ1) is 13.6. The average Bonchev–Trinajstić information content (AvgIpc) is 2.73.